The number of aromatic nitrogens is 1. The third-order valence-corrected chi connectivity index (χ3v) is 2.38. The summed E-state index contributed by atoms with van der Waals surface area (Å²) in [5.74, 6) is -0.169. The van der Waals surface area contributed by atoms with E-state index in [1.807, 2.05) is 24.4 Å². The summed E-state index contributed by atoms with van der Waals surface area (Å²) in [6.07, 6.45) is 6.06. The molecule has 0 bridgehead atoms. The number of aromatic amines is 1. The van der Waals surface area contributed by atoms with Crippen molar-refractivity contribution in [2.75, 3.05) is 0 Å². The first kappa shape index (κ1) is 15.2. The second kappa shape index (κ2) is 7.58. The number of Topliss-reactive ketones (excluding diaryl/α,β-unsaturated/α-hetero) is 1. The predicted molar refractivity (Wildman–Crippen MR) is 63.9 cm³/mol. The molecule has 1 aromatic heterocycles. The number of allylic oxidation sites excluding steroid dienone is 3. The maximum atomic E-state index is 11.9. The summed E-state index contributed by atoms with van der Waals surface area (Å²) in [5, 5.41) is 1.00. The Labute approximate surface area is 124 Å². The van der Waals surface area contributed by atoms with Gasteiger partial charge in [-0.25, -0.2) is 0 Å². The normalized spacial score (nSPS) is 10.0. The van der Waals surface area contributed by atoms with E-state index in [-0.39, 0.29) is 11.4 Å². The average Bonchev–Trinajstić information content (AvgIpc) is 2.87. The number of rotatable bonds is 3. The predicted octanol–water partition coefficient (Wildman–Crippen LogP) is 3.08. The van der Waals surface area contributed by atoms with Gasteiger partial charge in [0.1, 0.15) is 0 Å². The summed E-state index contributed by atoms with van der Waals surface area (Å²) < 4.78 is 0. The van der Waals surface area contributed by atoms with Crippen LogP contribution in [0.2, 0.25) is 0 Å². The molecule has 0 aliphatic heterocycles. The van der Waals surface area contributed by atoms with E-state index in [0.29, 0.717) is 5.56 Å². The minimum atomic E-state index is -0.169. The molecule has 0 aliphatic rings. The van der Waals surface area contributed by atoms with Crippen molar-refractivity contribution < 1.29 is 35.7 Å². The van der Waals surface area contributed by atoms with E-state index in [1.54, 1.807) is 13.0 Å². The quantitative estimate of drug-likeness (QED) is 0.336. The number of carbonyl (C=O) groups excluding carboxylic acids is 1. The van der Waals surface area contributed by atoms with Crippen LogP contribution in [0.4, 0.5) is 0 Å². The van der Waals surface area contributed by atoms with Crippen LogP contribution >= 0.6 is 0 Å². The fraction of sp³-hybridized carbons (Fsp3) is 0.0714. The zero-order valence-electron chi connectivity index (χ0n) is 9.81. The van der Waals surface area contributed by atoms with E-state index in [4.69, 9.17) is 6.58 Å². The van der Waals surface area contributed by atoms with Gasteiger partial charge in [-0.2, -0.15) is 0 Å². The molecule has 0 amide bonds. The summed E-state index contributed by atoms with van der Waals surface area (Å²) in [4.78, 5) is 14.9. The number of nitrogens with one attached hydrogen (secondary N) is 1. The Kier molecular flexibility index (Phi) is 6.42. The Morgan fingerprint density at radius 2 is 2.17 bits per heavy atom. The number of carbonyl (C=O) groups is 1. The molecule has 2 rings (SSSR count). The molecule has 0 saturated carbocycles. The van der Waals surface area contributed by atoms with Crippen molar-refractivity contribution >= 4 is 16.7 Å². The van der Waals surface area contributed by atoms with Crippen molar-refractivity contribution in [3.8, 4) is 0 Å². The minimum absolute atomic E-state index is 0.169. The van der Waals surface area contributed by atoms with Gasteiger partial charge in [0.15, 0.2) is 0 Å². The molecule has 1 heterocycles. The molecule has 2 aromatic rings. The average molecular weight is 444 g/mol. The first-order valence-electron chi connectivity index (χ1n) is 5.15. The van der Waals surface area contributed by atoms with Crippen molar-refractivity contribution in [2.45, 2.75) is 6.92 Å². The molecule has 0 spiro atoms. The van der Waals surface area contributed by atoms with Gasteiger partial charge in [-0.3, -0.25) is 0 Å². The number of hydrogen-bond donors (Lipinski definition) is 1. The van der Waals surface area contributed by atoms with E-state index in [1.165, 1.54) is 22.9 Å². The molecule has 0 atom stereocenters. The van der Waals surface area contributed by atoms with Crippen molar-refractivity contribution in [1.29, 1.82) is 0 Å². The number of ketones is 1. The van der Waals surface area contributed by atoms with E-state index < -0.39 is 0 Å². The molecule has 1 N–H and O–H groups in total. The Morgan fingerprint density at radius 3 is 2.83 bits per heavy atom. The summed E-state index contributed by atoms with van der Waals surface area (Å²) in [5.41, 5.74) is 1.81. The van der Waals surface area contributed by atoms with Gasteiger partial charge >= 0.3 is 30.9 Å². The second-order valence-corrected chi connectivity index (χ2v) is 3.50. The van der Waals surface area contributed by atoms with Crippen LogP contribution in [0.1, 0.15) is 17.3 Å². The van der Waals surface area contributed by atoms with Crippen molar-refractivity contribution in [3.63, 3.8) is 0 Å². The summed E-state index contributed by atoms with van der Waals surface area (Å²) in [6, 6.07) is 7.38. The third kappa shape index (κ3) is 3.59. The van der Waals surface area contributed by atoms with E-state index >= 15 is 0 Å². The van der Waals surface area contributed by atoms with Crippen LogP contribution in [0.15, 0.2) is 42.1 Å². The van der Waals surface area contributed by atoms with Gasteiger partial charge in [0.25, 0.3) is 0 Å². The topological polar surface area (TPSA) is 32.9 Å². The van der Waals surface area contributed by atoms with Gasteiger partial charge in [-0.1, -0.05) is 17.7 Å². The van der Waals surface area contributed by atoms with Crippen LogP contribution in [0.5, 0.6) is 0 Å². The molecule has 0 aliphatic carbocycles. The zero-order chi connectivity index (χ0) is 13.5. The molecule has 0 fully saturated rings. The molecule has 1 aromatic carbocycles. The molecule has 0 saturated heterocycles. The van der Waals surface area contributed by atoms with E-state index in [2.05, 4.69) is 25.1 Å². The molecule has 18 heavy (non-hydrogen) atoms. The summed E-state index contributed by atoms with van der Waals surface area (Å²) in [7, 11) is 0. The molecule has 2 nitrogen and oxygen atoms in total. The maximum absolute atomic E-state index is 11.9. The first-order valence-corrected chi connectivity index (χ1v) is 11.1. The molecule has 0 unspecified atom stereocenters. The summed E-state index contributed by atoms with van der Waals surface area (Å²) in [6.45, 7) is 7.32. The third-order valence-electron chi connectivity index (χ3n) is 2.38. The van der Waals surface area contributed by atoms with Gasteiger partial charge in [0.2, 0.25) is 0 Å². The van der Waals surface area contributed by atoms with Gasteiger partial charge in [-0.05, 0) is 23.3 Å². The van der Waals surface area contributed by atoms with Crippen molar-refractivity contribution in [1.82, 2.24) is 4.98 Å². The standard InChI is InChI=1S/C14H11NO.V.W/c1-3-4-10(2)14(16)12-5-6-13-11(9-12)7-8-15-13;;/h2,4-9,15H,1H3;;/q-2;;. The monoisotopic (exact) mass is 444 g/mol. The van der Waals surface area contributed by atoms with E-state index in [9.17, 15) is 4.79 Å². The fourth-order valence-electron chi connectivity index (χ4n) is 1.58. The number of fused-ring (bicyclic) bond motifs is 1. The van der Waals surface area contributed by atoms with Crippen LogP contribution in [0.25, 0.3) is 10.9 Å². The van der Waals surface area contributed by atoms with Crippen LogP contribution in [0, 0.1) is 12.7 Å². The van der Waals surface area contributed by atoms with Crippen LogP contribution in [0.3, 0.4) is 0 Å². The van der Waals surface area contributed by atoms with Crippen LogP contribution < -0.4 is 0 Å². The summed E-state index contributed by atoms with van der Waals surface area (Å²) >= 11 is 3.92. The van der Waals surface area contributed by atoms with Crippen LogP contribution in [-0.4, -0.2) is 10.8 Å². The van der Waals surface area contributed by atoms with Gasteiger partial charge < -0.3 is 34.1 Å². The number of H-pyrrole nitrogens is 1. The number of benzene rings is 1. The molecule has 91 valence electrons. The van der Waals surface area contributed by atoms with Gasteiger partial charge in [0, 0.05) is 11.7 Å². The Hall–Kier alpha value is -0.817. The van der Waals surface area contributed by atoms with Gasteiger partial charge in [0.05, 0.1) is 0 Å². The second-order valence-electron chi connectivity index (χ2n) is 3.50. The molecule has 4 heteroatoms. The molecule has 0 radical (unpaired) electrons. The van der Waals surface area contributed by atoms with Gasteiger partial charge in [-0.15, -0.1) is 6.92 Å². The first-order chi connectivity index (χ1) is 8.72. The molecular formula is C14H11NOVW-2. The Balaban J connectivity index is 0.000000771. The Morgan fingerprint density at radius 1 is 1.44 bits per heavy atom. The Bertz CT molecular complexity index is 601. The van der Waals surface area contributed by atoms with Crippen molar-refractivity contribution in [2.24, 2.45) is 0 Å². The van der Waals surface area contributed by atoms with E-state index in [0.717, 1.165) is 10.9 Å². The van der Waals surface area contributed by atoms with Crippen LogP contribution in [-0.2, 0) is 30.9 Å². The molecular weight excluding hydrogens is 433 g/mol. The fourth-order valence-corrected chi connectivity index (χ4v) is 1.58. The zero-order valence-corrected chi connectivity index (χ0v) is 14.1. The SMILES string of the molecule is [CH-]=C(C=[C-]C)C(=O)c1ccc2[nH]ccc2c1.[V]=[W]. The number of hydrogen-bond acceptors (Lipinski definition) is 1. The van der Waals surface area contributed by atoms with Crippen molar-refractivity contribution in [3.05, 3.63) is 60.3 Å².